The van der Waals surface area contributed by atoms with E-state index in [9.17, 15) is 9.59 Å². The monoisotopic (exact) mass is 350 g/mol. The molecule has 2 N–H and O–H groups in total. The molecule has 0 saturated heterocycles. The summed E-state index contributed by atoms with van der Waals surface area (Å²) in [4.78, 5) is 25.5. The van der Waals surface area contributed by atoms with Gasteiger partial charge in [-0.15, -0.1) is 0 Å². The van der Waals surface area contributed by atoms with Crippen molar-refractivity contribution in [1.29, 1.82) is 0 Å². The van der Waals surface area contributed by atoms with Gasteiger partial charge in [0.15, 0.2) is 0 Å². The molecule has 0 unspecified atom stereocenters. The number of carbonyl (C=O) groups is 2. The fraction of sp³-hybridized carbons (Fsp3) is 0.556. The molecule has 0 atom stereocenters. The van der Waals surface area contributed by atoms with Crippen LogP contribution in [-0.2, 0) is 10.2 Å². The topological polar surface area (TPSA) is 69.6 Å². The maximum Gasteiger partial charge on any atom is 0.322 e. The Morgan fingerprint density at radius 2 is 1.92 bits per heavy atom. The number of nitrogens with zero attached hydrogens (tertiary/aromatic N) is 1. The summed E-state index contributed by atoms with van der Waals surface area (Å²) in [5, 5.41) is 12.8. The number of hydrogen-bond acceptors (Lipinski definition) is 2. The van der Waals surface area contributed by atoms with E-state index in [4.69, 9.17) is 16.7 Å². The normalized spacial score (nSPS) is 25.2. The summed E-state index contributed by atoms with van der Waals surface area (Å²) in [6, 6.07) is 5.57. The highest BCUT2D eigenvalue weighted by Gasteiger charge is 2.40. The number of hydrogen-bond donors (Lipinski definition) is 2. The highest BCUT2D eigenvalue weighted by atomic mass is 35.5. The molecule has 0 bridgehead atoms. The third-order valence-corrected chi connectivity index (χ3v) is 5.48. The van der Waals surface area contributed by atoms with Gasteiger partial charge >= 0.3 is 12.0 Å². The number of anilines is 1. The minimum Gasteiger partial charge on any atom is -0.481 e. The number of nitrogens with one attached hydrogen (secondary N) is 1. The van der Waals surface area contributed by atoms with Crippen LogP contribution < -0.4 is 10.2 Å². The van der Waals surface area contributed by atoms with Gasteiger partial charge in [-0.05, 0) is 37.8 Å². The highest BCUT2D eigenvalue weighted by Crippen LogP contribution is 2.44. The molecule has 3 rings (SSSR count). The molecule has 0 radical (unpaired) electrons. The zero-order valence-corrected chi connectivity index (χ0v) is 14.8. The van der Waals surface area contributed by atoms with Crippen molar-refractivity contribution in [2.24, 2.45) is 5.92 Å². The van der Waals surface area contributed by atoms with Crippen LogP contribution in [0.1, 0.15) is 45.1 Å². The molecule has 0 aromatic heterocycles. The Hall–Kier alpha value is -1.75. The average molecular weight is 351 g/mol. The lowest BCUT2D eigenvalue weighted by atomic mass is 9.86. The first-order valence-electron chi connectivity index (χ1n) is 8.39. The van der Waals surface area contributed by atoms with E-state index in [1.165, 1.54) is 0 Å². The van der Waals surface area contributed by atoms with E-state index in [0.717, 1.165) is 11.3 Å². The molecular weight excluding hydrogens is 328 g/mol. The van der Waals surface area contributed by atoms with E-state index in [-0.39, 0.29) is 23.4 Å². The van der Waals surface area contributed by atoms with Gasteiger partial charge in [0.05, 0.1) is 11.6 Å². The summed E-state index contributed by atoms with van der Waals surface area (Å²) < 4.78 is 0. The Balaban J connectivity index is 1.70. The number of rotatable bonds is 2. The quantitative estimate of drug-likeness (QED) is 0.852. The van der Waals surface area contributed by atoms with Crippen molar-refractivity contribution >= 4 is 29.3 Å². The molecule has 1 aromatic carbocycles. The Morgan fingerprint density at radius 3 is 2.54 bits per heavy atom. The molecule has 1 saturated carbocycles. The third-order valence-electron chi connectivity index (χ3n) is 5.16. The van der Waals surface area contributed by atoms with Crippen LogP contribution in [-0.4, -0.2) is 29.7 Å². The second kappa shape index (κ2) is 6.28. The minimum absolute atomic E-state index is 0.0412. The molecule has 1 aliphatic carbocycles. The predicted octanol–water partition coefficient (Wildman–Crippen LogP) is 3.79. The van der Waals surface area contributed by atoms with Crippen LogP contribution in [0.3, 0.4) is 0 Å². The molecule has 1 aliphatic heterocycles. The van der Waals surface area contributed by atoms with Gasteiger partial charge in [-0.2, -0.15) is 0 Å². The molecule has 130 valence electrons. The van der Waals surface area contributed by atoms with Gasteiger partial charge in [-0.1, -0.05) is 31.5 Å². The fourth-order valence-corrected chi connectivity index (χ4v) is 4.31. The van der Waals surface area contributed by atoms with Crippen LogP contribution in [0.5, 0.6) is 0 Å². The van der Waals surface area contributed by atoms with E-state index in [2.05, 4.69) is 19.2 Å². The number of halogens is 1. The number of fused-ring (bicyclic) bond motifs is 1. The highest BCUT2D eigenvalue weighted by molar-refractivity contribution is 6.32. The maximum absolute atomic E-state index is 12.7. The maximum atomic E-state index is 12.7. The van der Waals surface area contributed by atoms with E-state index in [1.54, 1.807) is 4.90 Å². The smallest absolute Gasteiger partial charge is 0.322 e. The molecule has 6 heteroatoms. The van der Waals surface area contributed by atoms with Crippen LogP contribution in [0.2, 0.25) is 5.02 Å². The minimum atomic E-state index is -0.732. The van der Waals surface area contributed by atoms with Crippen LogP contribution in [0, 0.1) is 5.92 Å². The molecule has 1 aromatic rings. The summed E-state index contributed by atoms with van der Waals surface area (Å²) in [7, 11) is 0. The zero-order valence-electron chi connectivity index (χ0n) is 14.0. The van der Waals surface area contributed by atoms with Crippen molar-refractivity contribution in [2.75, 3.05) is 11.4 Å². The first-order chi connectivity index (χ1) is 11.3. The lowest BCUT2D eigenvalue weighted by Crippen LogP contribution is -2.47. The van der Waals surface area contributed by atoms with E-state index >= 15 is 0 Å². The largest absolute Gasteiger partial charge is 0.481 e. The van der Waals surface area contributed by atoms with Crippen LogP contribution >= 0.6 is 11.6 Å². The van der Waals surface area contributed by atoms with E-state index in [0.29, 0.717) is 37.3 Å². The van der Waals surface area contributed by atoms with Crippen LogP contribution in [0.25, 0.3) is 0 Å². The van der Waals surface area contributed by atoms with Crippen LogP contribution in [0.15, 0.2) is 18.2 Å². The van der Waals surface area contributed by atoms with Gasteiger partial charge in [0, 0.05) is 28.6 Å². The van der Waals surface area contributed by atoms with Crippen LogP contribution in [0.4, 0.5) is 10.5 Å². The molecule has 2 amide bonds. The second-order valence-corrected chi connectivity index (χ2v) is 7.85. The molecule has 2 aliphatic rings. The van der Waals surface area contributed by atoms with Gasteiger partial charge in [-0.3, -0.25) is 9.69 Å². The lowest BCUT2D eigenvalue weighted by molar-refractivity contribution is -0.142. The number of carboxylic acids is 1. The summed E-state index contributed by atoms with van der Waals surface area (Å²) in [6.45, 7) is 4.76. The van der Waals surface area contributed by atoms with Gasteiger partial charge in [-0.25, -0.2) is 4.79 Å². The van der Waals surface area contributed by atoms with Crippen molar-refractivity contribution in [1.82, 2.24) is 5.32 Å². The predicted molar refractivity (Wildman–Crippen MR) is 93.7 cm³/mol. The number of urea groups is 1. The summed E-state index contributed by atoms with van der Waals surface area (Å²) >= 11 is 6.35. The Kier molecular flexibility index (Phi) is 4.47. The van der Waals surface area contributed by atoms with E-state index in [1.807, 2.05) is 18.2 Å². The molecule has 0 spiro atoms. The van der Waals surface area contributed by atoms with Gasteiger partial charge in [0.2, 0.25) is 0 Å². The first-order valence-corrected chi connectivity index (χ1v) is 8.77. The molecule has 1 fully saturated rings. The number of aliphatic carboxylic acids is 1. The third kappa shape index (κ3) is 3.09. The number of benzene rings is 1. The molecule has 5 nitrogen and oxygen atoms in total. The van der Waals surface area contributed by atoms with Crippen molar-refractivity contribution in [3.63, 3.8) is 0 Å². The second-order valence-electron chi connectivity index (χ2n) is 7.44. The van der Waals surface area contributed by atoms with Crippen molar-refractivity contribution in [2.45, 2.75) is 51.0 Å². The average Bonchev–Trinajstić information content (AvgIpc) is 2.80. The zero-order chi connectivity index (χ0) is 17.5. The number of carboxylic acid groups (broad SMARTS) is 1. The molecular formula is C18H23ClN2O3. The Bertz CT molecular complexity index is 666. The standard InChI is InChI=1S/C18H23ClN2O3/c1-18(2)10-21(14-5-3-4-13(19)15(14)18)17(24)20-12-8-6-11(7-9-12)16(22)23/h3-5,11-12H,6-10H2,1-2H3,(H,20,24)(H,22,23). The van der Waals surface area contributed by atoms with Gasteiger partial charge in [0.1, 0.15) is 0 Å². The fourth-order valence-electron chi connectivity index (χ4n) is 3.89. The van der Waals surface area contributed by atoms with Crippen molar-refractivity contribution in [3.8, 4) is 0 Å². The number of carbonyl (C=O) groups excluding carboxylic acids is 1. The molecule has 1 heterocycles. The first kappa shape index (κ1) is 17.1. The van der Waals surface area contributed by atoms with Gasteiger partial charge in [0.25, 0.3) is 0 Å². The summed E-state index contributed by atoms with van der Waals surface area (Å²) in [5.74, 6) is -1.01. The van der Waals surface area contributed by atoms with Crippen molar-refractivity contribution in [3.05, 3.63) is 28.8 Å². The number of amides is 2. The lowest BCUT2D eigenvalue weighted by Gasteiger charge is -2.29. The molecule has 24 heavy (non-hydrogen) atoms. The van der Waals surface area contributed by atoms with E-state index < -0.39 is 5.97 Å². The summed E-state index contributed by atoms with van der Waals surface area (Å²) in [5.41, 5.74) is 1.69. The SMILES string of the molecule is CC1(C)CN(C(=O)NC2CCC(C(=O)O)CC2)c2cccc(Cl)c21. The van der Waals surface area contributed by atoms with Gasteiger partial charge < -0.3 is 10.4 Å². The Labute approximate surface area is 147 Å². The summed E-state index contributed by atoms with van der Waals surface area (Å²) in [6.07, 6.45) is 2.66. The Morgan fingerprint density at radius 1 is 1.25 bits per heavy atom. The van der Waals surface area contributed by atoms with Crippen molar-refractivity contribution < 1.29 is 14.7 Å².